The van der Waals surface area contributed by atoms with E-state index in [1.807, 2.05) is 12.1 Å². The number of rotatable bonds is 6. The minimum absolute atomic E-state index is 0.0181. The van der Waals surface area contributed by atoms with Crippen LogP contribution in [0.3, 0.4) is 0 Å². The lowest BCUT2D eigenvalue weighted by Crippen LogP contribution is -2.56. The van der Waals surface area contributed by atoms with Gasteiger partial charge >= 0.3 is 0 Å². The Balaban J connectivity index is 1.53. The highest BCUT2D eigenvalue weighted by atomic mass is 19.1. The van der Waals surface area contributed by atoms with E-state index in [0.29, 0.717) is 6.54 Å². The van der Waals surface area contributed by atoms with Crippen LogP contribution < -0.4 is 10.6 Å². The minimum Gasteiger partial charge on any atom is -0.379 e. The highest BCUT2D eigenvalue weighted by molar-refractivity contribution is 5.80. The second-order valence-corrected chi connectivity index (χ2v) is 7.95. The molecule has 1 heterocycles. The molecule has 2 aliphatic rings. The lowest BCUT2D eigenvalue weighted by atomic mass is 9.95. The van der Waals surface area contributed by atoms with E-state index in [-0.39, 0.29) is 16.8 Å². The molecule has 1 aliphatic carbocycles. The van der Waals surface area contributed by atoms with E-state index >= 15 is 0 Å². The molecule has 6 heteroatoms. The first-order valence-corrected chi connectivity index (χ1v) is 9.49. The fourth-order valence-corrected chi connectivity index (χ4v) is 3.64. The maximum Gasteiger partial charge on any atom is 0.191 e. The molecule has 2 fully saturated rings. The van der Waals surface area contributed by atoms with Crippen LogP contribution in [0.15, 0.2) is 29.3 Å². The molecule has 3 rings (SSSR count). The van der Waals surface area contributed by atoms with Crippen molar-refractivity contribution in [2.45, 2.75) is 37.6 Å². The number of aliphatic imine (C=N–C) groups is 1. The minimum atomic E-state index is -0.108. The van der Waals surface area contributed by atoms with Crippen LogP contribution >= 0.6 is 0 Å². The van der Waals surface area contributed by atoms with Gasteiger partial charge in [0.25, 0.3) is 0 Å². The van der Waals surface area contributed by atoms with Gasteiger partial charge in [0.2, 0.25) is 0 Å². The highest BCUT2D eigenvalue weighted by Crippen LogP contribution is 2.48. The average Bonchev–Trinajstić information content (AvgIpc) is 3.44. The molecule has 0 radical (unpaired) electrons. The van der Waals surface area contributed by atoms with Gasteiger partial charge in [-0.2, -0.15) is 0 Å². The standard InChI is InChI=1S/C20H31FN4O/c1-19(2,25-10-12-26-13-11-25)14-23-18(22-3)24-15-20(8-9-20)16-6-4-5-7-17(16)21/h4-7H,8-15H2,1-3H3,(H2,22,23,24). The third-order valence-electron chi connectivity index (χ3n) is 5.67. The summed E-state index contributed by atoms with van der Waals surface area (Å²) < 4.78 is 19.6. The van der Waals surface area contributed by atoms with Crippen molar-refractivity contribution in [3.8, 4) is 0 Å². The Hall–Kier alpha value is -1.66. The number of ether oxygens (including phenoxy) is 1. The highest BCUT2D eigenvalue weighted by Gasteiger charge is 2.45. The Kier molecular flexibility index (Phi) is 5.82. The smallest absolute Gasteiger partial charge is 0.191 e. The predicted molar refractivity (Wildman–Crippen MR) is 103 cm³/mol. The van der Waals surface area contributed by atoms with E-state index in [0.717, 1.165) is 57.2 Å². The van der Waals surface area contributed by atoms with Gasteiger partial charge < -0.3 is 15.4 Å². The Morgan fingerprint density at radius 2 is 1.92 bits per heavy atom. The van der Waals surface area contributed by atoms with E-state index in [4.69, 9.17) is 4.74 Å². The summed E-state index contributed by atoms with van der Waals surface area (Å²) in [7, 11) is 1.78. The fourth-order valence-electron chi connectivity index (χ4n) is 3.64. The van der Waals surface area contributed by atoms with Crippen molar-refractivity contribution in [2.24, 2.45) is 4.99 Å². The summed E-state index contributed by atoms with van der Waals surface area (Å²) in [5.41, 5.74) is 0.740. The first-order chi connectivity index (χ1) is 12.5. The second-order valence-electron chi connectivity index (χ2n) is 7.95. The van der Waals surface area contributed by atoms with Crippen molar-refractivity contribution in [3.63, 3.8) is 0 Å². The average molecular weight is 362 g/mol. The van der Waals surface area contributed by atoms with Gasteiger partial charge in [0, 0.05) is 44.2 Å². The van der Waals surface area contributed by atoms with E-state index in [9.17, 15) is 4.39 Å². The van der Waals surface area contributed by atoms with Crippen molar-refractivity contribution in [3.05, 3.63) is 35.6 Å². The molecule has 0 atom stereocenters. The van der Waals surface area contributed by atoms with Gasteiger partial charge in [0.05, 0.1) is 13.2 Å². The molecule has 144 valence electrons. The Morgan fingerprint density at radius 1 is 1.23 bits per heavy atom. The normalized spacial score (nSPS) is 20.7. The maximum absolute atomic E-state index is 14.2. The summed E-state index contributed by atoms with van der Waals surface area (Å²) in [5.74, 6) is 0.664. The van der Waals surface area contributed by atoms with Crippen LogP contribution in [0.1, 0.15) is 32.3 Å². The molecule has 0 spiro atoms. The summed E-state index contributed by atoms with van der Waals surface area (Å²) >= 11 is 0. The first kappa shape index (κ1) is 19.1. The Labute approximate surface area is 156 Å². The van der Waals surface area contributed by atoms with Crippen LogP contribution in [0.5, 0.6) is 0 Å². The zero-order valence-corrected chi connectivity index (χ0v) is 16.1. The van der Waals surface area contributed by atoms with Gasteiger partial charge in [-0.05, 0) is 38.3 Å². The van der Waals surface area contributed by atoms with Crippen LogP contribution in [0.25, 0.3) is 0 Å². The number of nitrogens with one attached hydrogen (secondary N) is 2. The van der Waals surface area contributed by atoms with E-state index in [1.165, 1.54) is 0 Å². The largest absolute Gasteiger partial charge is 0.379 e. The SMILES string of the molecule is CN=C(NCC1(c2ccccc2F)CC1)NCC(C)(C)N1CCOCC1. The van der Waals surface area contributed by atoms with Crippen LogP contribution in [-0.2, 0) is 10.2 Å². The van der Waals surface area contributed by atoms with Crippen molar-refractivity contribution in [1.29, 1.82) is 0 Å². The van der Waals surface area contributed by atoms with Crippen molar-refractivity contribution in [1.82, 2.24) is 15.5 Å². The molecule has 1 saturated heterocycles. The maximum atomic E-state index is 14.2. The zero-order valence-electron chi connectivity index (χ0n) is 16.1. The summed E-state index contributed by atoms with van der Waals surface area (Å²) in [6.07, 6.45) is 2.02. The van der Waals surface area contributed by atoms with E-state index in [2.05, 4.69) is 34.4 Å². The summed E-state index contributed by atoms with van der Waals surface area (Å²) in [4.78, 5) is 6.78. The molecule has 0 aromatic heterocycles. The summed E-state index contributed by atoms with van der Waals surface area (Å²) in [6.45, 7) is 9.46. The number of morpholine rings is 1. The molecule has 0 bridgehead atoms. The monoisotopic (exact) mass is 362 g/mol. The topological polar surface area (TPSA) is 48.9 Å². The third-order valence-corrected chi connectivity index (χ3v) is 5.67. The lowest BCUT2D eigenvalue weighted by Gasteiger charge is -2.41. The van der Waals surface area contributed by atoms with Gasteiger partial charge in [0.1, 0.15) is 5.82 Å². The van der Waals surface area contributed by atoms with Gasteiger partial charge in [-0.15, -0.1) is 0 Å². The van der Waals surface area contributed by atoms with Crippen LogP contribution in [0.4, 0.5) is 4.39 Å². The number of benzene rings is 1. The molecule has 0 amide bonds. The van der Waals surface area contributed by atoms with E-state index in [1.54, 1.807) is 19.2 Å². The summed E-state index contributed by atoms with van der Waals surface area (Å²) in [6, 6.07) is 7.11. The third kappa shape index (κ3) is 4.35. The predicted octanol–water partition coefficient (Wildman–Crippen LogP) is 2.13. The number of hydrogen-bond acceptors (Lipinski definition) is 3. The van der Waals surface area contributed by atoms with Crippen molar-refractivity contribution < 1.29 is 9.13 Å². The number of halogens is 1. The van der Waals surface area contributed by atoms with Crippen LogP contribution in [-0.4, -0.2) is 62.8 Å². The van der Waals surface area contributed by atoms with Gasteiger partial charge in [-0.1, -0.05) is 18.2 Å². The Morgan fingerprint density at radius 3 is 2.54 bits per heavy atom. The van der Waals surface area contributed by atoms with Crippen LogP contribution in [0, 0.1) is 5.82 Å². The molecule has 1 aliphatic heterocycles. The molecule has 26 heavy (non-hydrogen) atoms. The lowest BCUT2D eigenvalue weighted by molar-refractivity contribution is -0.00834. The Bertz CT molecular complexity index is 636. The molecular weight excluding hydrogens is 331 g/mol. The van der Waals surface area contributed by atoms with E-state index < -0.39 is 0 Å². The zero-order chi connectivity index (χ0) is 18.6. The van der Waals surface area contributed by atoms with Gasteiger partial charge in [-0.25, -0.2) is 4.39 Å². The number of guanidine groups is 1. The number of hydrogen-bond donors (Lipinski definition) is 2. The molecular formula is C20H31FN4O. The molecule has 1 aromatic rings. The van der Waals surface area contributed by atoms with Gasteiger partial charge in [0.15, 0.2) is 5.96 Å². The molecule has 1 aromatic carbocycles. The molecule has 0 unspecified atom stereocenters. The van der Waals surface area contributed by atoms with Crippen molar-refractivity contribution >= 4 is 5.96 Å². The molecule has 2 N–H and O–H groups in total. The van der Waals surface area contributed by atoms with Gasteiger partial charge in [-0.3, -0.25) is 9.89 Å². The van der Waals surface area contributed by atoms with Crippen LogP contribution in [0.2, 0.25) is 0 Å². The molecule has 1 saturated carbocycles. The number of nitrogens with zero attached hydrogens (tertiary/aromatic N) is 2. The molecule has 5 nitrogen and oxygen atoms in total. The fraction of sp³-hybridized carbons (Fsp3) is 0.650. The second kappa shape index (κ2) is 7.92. The van der Waals surface area contributed by atoms with Crippen molar-refractivity contribution in [2.75, 3.05) is 46.4 Å². The quantitative estimate of drug-likeness (QED) is 0.601. The first-order valence-electron chi connectivity index (χ1n) is 9.49. The summed E-state index contributed by atoms with van der Waals surface area (Å²) in [5, 5.41) is 6.84.